The van der Waals surface area contributed by atoms with Gasteiger partial charge in [-0.25, -0.2) is 12.8 Å². The van der Waals surface area contributed by atoms with E-state index in [1.54, 1.807) is 7.11 Å². The summed E-state index contributed by atoms with van der Waals surface area (Å²) in [6, 6.07) is 13.6. The Hall–Kier alpha value is -1.96. The fourth-order valence-electron chi connectivity index (χ4n) is 3.30. The number of ether oxygens (including phenoxy) is 1. The van der Waals surface area contributed by atoms with Gasteiger partial charge in [0.2, 0.25) is 10.0 Å². The van der Waals surface area contributed by atoms with E-state index in [9.17, 15) is 12.8 Å². The lowest BCUT2D eigenvalue weighted by Crippen LogP contribution is -2.49. The SMILES string of the molecule is COc1ccccc1CCN1CCN(S(=O)(=O)Cc2ccc(F)cc2)CC1. The second-order valence-electron chi connectivity index (χ2n) is 6.69. The summed E-state index contributed by atoms with van der Waals surface area (Å²) in [4.78, 5) is 2.27. The summed E-state index contributed by atoms with van der Waals surface area (Å²) in [5, 5.41) is 0. The molecule has 3 rings (SSSR count). The van der Waals surface area contributed by atoms with Gasteiger partial charge in [0, 0.05) is 32.7 Å². The standard InChI is InChI=1S/C20H25FN2O3S/c1-26-20-5-3-2-4-18(20)10-11-22-12-14-23(15-13-22)27(24,25)16-17-6-8-19(21)9-7-17/h2-9H,10-16H2,1H3. The third-order valence-electron chi connectivity index (χ3n) is 4.88. The van der Waals surface area contributed by atoms with Gasteiger partial charge in [0.25, 0.3) is 0 Å². The van der Waals surface area contributed by atoms with Crippen LogP contribution in [0.15, 0.2) is 48.5 Å². The van der Waals surface area contributed by atoms with Crippen molar-refractivity contribution >= 4 is 10.0 Å². The Kier molecular flexibility index (Phi) is 6.46. The van der Waals surface area contributed by atoms with E-state index in [2.05, 4.69) is 11.0 Å². The fourth-order valence-corrected chi connectivity index (χ4v) is 4.82. The van der Waals surface area contributed by atoms with Gasteiger partial charge in [-0.05, 0) is 35.7 Å². The highest BCUT2D eigenvalue weighted by molar-refractivity contribution is 7.88. The number of benzene rings is 2. The molecule has 7 heteroatoms. The van der Waals surface area contributed by atoms with Crippen LogP contribution >= 0.6 is 0 Å². The number of para-hydroxylation sites is 1. The Morgan fingerprint density at radius 1 is 1.00 bits per heavy atom. The molecule has 0 amide bonds. The Morgan fingerprint density at radius 3 is 2.33 bits per heavy atom. The van der Waals surface area contributed by atoms with E-state index in [4.69, 9.17) is 4.74 Å². The van der Waals surface area contributed by atoms with Crippen LogP contribution in [0.1, 0.15) is 11.1 Å². The molecule has 1 fully saturated rings. The van der Waals surface area contributed by atoms with Crippen molar-refractivity contribution in [2.45, 2.75) is 12.2 Å². The van der Waals surface area contributed by atoms with Gasteiger partial charge in [-0.2, -0.15) is 4.31 Å². The Bertz CT molecular complexity index is 848. The zero-order valence-corrected chi connectivity index (χ0v) is 16.3. The number of hydrogen-bond acceptors (Lipinski definition) is 4. The van der Waals surface area contributed by atoms with Gasteiger partial charge in [-0.15, -0.1) is 0 Å². The minimum absolute atomic E-state index is 0.0888. The van der Waals surface area contributed by atoms with E-state index in [-0.39, 0.29) is 11.6 Å². The number of halogens is 1. The molecule has 2 aromatic rings. The molecular formula is C20H25FN2O3S. The summed E-state index contributed by atoms with van der Waals surface area (Å²) in [7, 11) is -1.72. The number of piperazine rings is 1. The average molecular weight is 392 g/mol. The van der Waals surface area contributed by atoms with Crippen LogP contribution < -0.4 is 4.74 Å². The predicted octanol–water partition coefficient (Wildman–Crippen LogP) is 2.52. The van der Waals surface area contributed by atoms with Crippen molar-refractivity contribution < 1.29 is 17.5 Å². The first-order valence-electron chi connectivity index (χ1n) is 9.04. The lowest BCUT2D eigenvalue weighted by Gasteiger charge is -2.34. The minimum Gasteiger partial charge on any atom is -0.496 e. The smallest absolute Gasteiger partial charge is 0.218 e. The van der Waals surface area contributed by atoms with Crippen LogP contribution in [0.2, 0.25) is 0 Å². The summed E-state index contributed by atoms with van der Waals surface area (Å²) >= 11 is 0. The fraction of sp³-hybridized carbons (Fsp3) is 0.400. The molecule has 5 nitrogen and oxygen atoms in total. The molecule has 1 aliphatic rings. The van der Waals surface area contributed by atoms with Crippen molar-refractivity contribution in [1.29, 1.82) is 0 Å². The molecule has 1 heterocycles. The van der Waals surface area contributed by atoms with Crippen molar-refractivity contribution in [3.8, 4) is 5.75 Å². The molecule has 27 heavy (non-hydrogen) atoms. The molecule has 1 saturated heterocycles. The Balaban J connectivity index is 1.51. The van der Waals surface area contributed by atoms with Crippen molar-refractivity contribution in [2.75, 3.05) is 39.8 Å². The van der Waals surface area contributed by atoms with Gasteiger partial charge < -0.3 is 9.64 Å². The van der Waals surface area contributed by atoms with E-state index in [0.29, 0.717) is 31.7 Å². The van der Waals surface area contributed by atoms with Crippen molar-refractivity contribution in [2.24, 2.45) is 0 Å². The lowest BCUT2D eigenvalue weighted by atomic mass is 10.1. The maximum absolute atomic E-state index is 13.0. The molecule has 0 spiro atoms. The number of rotatable bonds is 7. The summed E-state index contributed by atoms with van der Waals surface area (Å²) < 4.78 is 45.1. The average Bonchev–Trinajstić information content (AvgIpc) is 2.68. The van der Waals surface area contributed by atoms with Gasteiger partial charge in [-0.3, -0.25) is 0 Å². The van der Waals surface area contributed by atoms with E-state index < -0.39 is 10.0 Å². The highest BCUT2D eigenvalue weighted by Gasteiger charge is 2.27. The highest BCUT2D eigenvalue weighted by Crippen LogP contribution is 2.19. The molecule has 0 radical (unpaired) electrons. The van der Waals surface area contributed by atoms with Crippen LogP contribution in [0.5, 0.6) is 5.75 Å². The Labute approximate surface area is 160 Å². The first-order chi connectivity index (χ1) is 13.0. The van der Waals surface area contributed by atoms with Crippen LogP contribution in [0, 0.1) is 5.82 Å². The summed E-state index contributed by atoms with van der Waals surface area (Å²) in [5.41, 5.74) is 1.77. The largest absolute Gasteiger partial charge is 0.496 e. The number of hydrogen-bond donors (Lipinski definition) is 0. The monoisotopic (exact) mass is 392 g/mol. The zero-order valence-electron chi connectivity index (χ0n) is 15.5. The van der Waals surface area contributed by atoms with Crippen LogP contribution in [0.3, 0.4) is 0 Å². The van der Waals surface area contributed by atoms with Crippen LogP contribution in [0.25, 0.3) is 0 Å². The van der Waals surface area contributed by atoms with Crippen molar-refractivity contribution in [1.82, 2.24) is 9.21 Å². The van der Waals surface area contributed by atoms with Gasteiger partial charge in [0.15, 0.2) is 0 Å². The molecule has 2 aromatic carbocycles. The topological polar surface area (TPSA) is 49.9 Å². The van der Waals surface area contributed by atoms with Crippen molar-refractivity contribution in [3.05, 3.63) is 65.5 Å². The molecule has 146 valence electrons. The van der Waals surface area contributed by atoms with Crippen LogP contribution in [0.4, 0.5) is 4.39 Å². The zero-order chi connectivity index (χ0) is 19.3. The summed E-state index contributed by atoms with van der Waals surface area (Å²) in [6.07, 6.45) is 0.867. The Morgan fingerprint density at radius 2 is 1.67 bits per heavy atom. The normalized spacial score (nSPS) is 16.4. The third-order valence-corrected chi connectivity index (χ3v) is 6.73. The van der Waals surface area contributed by atoms with Crippen LogP contribution in [-0.4, -0.2) is 57.5 Å². The number of sulfonamides is 1. The molecule has 0 N–H and O–H groups in total. The maximum Gasteiger partial charge on any atom is 0.218 e. The van der Waals surface area contributed by atoms with E-state index in [1.165, 1.54) is 28.6 Å². The molecule has 0 bridgehead atoms. The molecule has 0 saturated carbocycles. The molecular weight excluding hydrogens is 367 g/mol. The molecule has 0 aliphatic carbocycles. The second-order valence-corrected chi connectivity index (χ2v) is 8.65. The molecule has 0 unspecified atom stereocenters. The van der Waals surface area contributed by atoms with Gasteiger partial charge in [0.1, 0.15) is 11.6 Å². The first kappa shape index (κ1) is 19.8. The van der Waals surface area contributed by atoms with Crippen molar-refractivity contribution in [3.63, 3.8) is 0 Å². The molecule has 0 atom stereocenters. The molecule has 0 aromatic heterocycles. The van der Waals surface area contributed by atoms with Crippen LogP contribution in [-0.2, 0) is 22.2 Å². The second kappa shape index (κ2) is 8.82. The van der Waals surface area contributed by atoms with E-state index in [0.717, 1.165) is 24.3 Å². The van der Waals surface area contributed by atoms with E-state index >= 15 is 0 Å². The summed E-state index contributed by atoms with van der Waals surface area (Å²) in [5.74, 6) is 0.437. The first-order valence-corrected chi connectivity index (χ1v) is 10.7. The molecule has 1 aliphatic heterocycles. The third kappa shape index (κ3) is 5.28. The highest BCUT2D eigenvalue weighted by atomic mass is 32.2. The van der Waals surface area contributed by atoms with E-state index in [1.807, 2.05) is 18.2 Å². The van der Waals surface area contributed by atoms with Gasteiger partial charge in [0.05, 0.1) is 12.9 Å². The summed E-state index contributed by atoms with van der Waals surface area (Å²) in [6.45, 7) is 3.24. The number of methoxy groups -OCH3 is 1. The maximum atomic E-state index is 13.0. The van der Waals surface area contributed by atoms with Gasteiger partial charge >= 0.3 is 0 Å². The number of nitrogens with zero attached hydrogens (tertiary/aromatic N) is 2. The lowest BCUT2D eigenvalue weighted by molar-refractivity contribution is 0.189. The minimum atomic E-state index is -3.39. The predicted molar refractivity (Wildman–Crippen MR) is 104 cm³/mol. The quantitative estimate of drug-likeness (QED) is 0.727. The van der Waals surface area contributed by atoms with Gasteiger partial charge in [-0.1, -0.05) is 30.3 Å².